The van der Waals surface area contributed by atoms with E-state index in [4.69, 9.17) is 10.3 Å². The van der Waals surface area contributed by atoms with Gasteiger partial charge in [0.1, 0.15) is 5.52 Å². The molecular weight excluding hydrogens is 182 g/mol. The number of hydrazine groups is 1. The number of nitrogens with two attached hydrogens (primary N) is 1. The van der Waals surface area contributed by atoms with Gasteiger partial charge < -0.3 is 4.42 Å². The van der Waals surface area contributed by atoms with E-state index in [0.717, 1.165) is 5.52 Å². The number of hydrogen-bond acceptors (Lipinski definition) is 4. The first-order valence-electron chi connectivity index (χ1n) is 4.09. The topological polar surface area (TPSA) is 81.2 Å². The van der Waals surface area contributed by atoms with Crippen LogP contribution >= 0.6 is 0 Å². The van der Waals surface area contributed by atoms with Crippen molar-refractivity contribution in [2.75, 3.05) is 0 Å². The summed E-state index contributed by atoms with van der Waals surface area (Å²) in [5, 5.41) is 0. The number of fused-ring (bicyclic) bond motifs is 1. The van der Waals surface area contributed by atoms with E-state index in [1.807, 2.05) is 0 Å². The van der Waals surface area contributed by atoms with Gasteiger partial charge in [-0.25, -0.2) is 10.8 Å². The minimum atomic E-state index is -0.346. The molecule has 2 aromatic rings. The molecule has 0 aliphatic carbocycles. The molecule has 1 aromatic carbocycles. The molecule has 0 spiro atoms. The summed E-state index contributed by atoms with van der Waals surface area (Å²) in [6.45, 7) is 1.75. The molecule has 72 valence electrons. The summed E-state index contributed by atoms with van der Waals surface area (Å²) in [4.78, 5) is 15.3. The summed E-state index contributed by atoms with van der Waals surface area (Å²) in [5.41, 5.74) is 3.83. The molecule has 0 atom stereocenters. The minimum Gasteiger partial charge on any atom is -0.441 e. The molecule has 0 aliphatic heterocycles. The van der Waals surface area contributed by atoms with Crippen molar-refractivity contribution in [1.82, 2.24) is 10.4 Å². The van der Waals surface area contributed by atoms with Crippen LogP contribution < -0.4 is 11.3 Å². The lowest BCUT2D eigenvalue weighted by molar-refractivity contribution is 0.0953. The van der Waals surface area contributed by atoms with Crippen LogP contribution in [0.1, 0.15) is 16.2 Å². The lowest BCUT2D eigenvalue weighted by Crippen LogP contribution is -2.29. The molecule has 14 heavy (non-hydrogen) atoms. The number of nitrogen functional groups attached to an aromatic ring is 1. The summed E-state index contributed by atoms with van der Waals surface area (Å²) in [7, 11) is 0. The van der Waals surface area contributed by atoms with Crippen molar-refractivity contribution >= 4 is 17.0 Å². The Morgan fingerprint density at radius 2 is 2.36 bits per heavy atom. The minimum absolute atomic E-state index is 0.346. The zero-order valence-corrected chi connectivity index (χ0v) is 7.57. The van der Waals surface area contributed by atoms with Gasteiger partial charge in [0.15, 0.2) is 11.5 Å². The number of carbonyl (C=O) groups is 1. The van der Waals surface area contributed by atoms with Crippen LogP contribution in [0.25, 0.3) is 11.1 Å². The number of aromatic nitrogens is 1. The van der Waals surface area contributed by atoms with Gasteiger partial charge in [0, 0.05) is 12.5 Å². The molecule has 3 N–H and O–H groups in total. The van der Waals surface area contributed by atoms with E-state index in [1.54, 1.807) is 25.1 Å². The number of aryl methyl sites for hydroxylation is 1. The van der Waals surface area contributed by atoms with Gasteiger partial charge in [0.05, 0.1) is 0 Å². The first kappa shape index (κ1) is 8.71. The Labute approximate surface area is 79.9 Å². The zero-order valence-electron chi connectivity index (χ0n) is 7.57. The largest absolute Gasteiger partial charge is 0.441 e. The summed E-state index contributed by atoms with van der Waals surface area (Å²) in [6, 6.07) is 4.97. The van der Waals surface area contributed by atoms with Crippen LogP contribution in [-0.2, 0) is 0 Å². The predicted octanol–water partition coefficient (Wildman–Crippen LogP) is 0.740. The second-order valence-corrected chi connectivity index (χ2v) is 2.89. The van der Waals surface area contributed by atoms with E-state index in [9.17, 15) is 4.79 Å². The van der Waals surface area contributed by atoms with E-state index in [2.05, 4.69) is 10.4 Å². The SMILES string of the molecule is Cc1nc2ccc(C(=O)NN)cc2o1. The maximum Gasteiger partial charge on any atom is 0.265 e. The Morgan fingerprint density at radius 1 is 1.57 bits per heavy atom. The smallest absolute Gasteiger partial charge is 0.265 e. The second-order valence-electron chi connectivity index (χ2n) is 2.89. The van der Waals surface area contributed by atoms with Gasteiger partial charge in [-0.2, -0.15) is 0 Å². The van der Waals surface area contributed by atoms with E-state index in [0.29, 0.717) is 17.0 Å². The molecule has 1 amide bonds. The maximum atomic E-state index is 11.2. The summed E-state index contributed by atoms with van der Waals surface area (Å²) in [6.07, 6.45) is 0. The number of carbonyl (C=O) groups excluding carboxylic acids is 1. The molecule has 0 unspecified atom stereocenters. The molecule has 0 aliphatic rings. The van der Waals surface area contributed by atoms with Gasteiger partial charge >= 0.3 is 0 Å². The third-order valence-corrected chi connectivity index (χ3v) is 1.89. The number of rotatable bonds is 1. The van der Waals surface area contributed by atoms with E-state index in [-0.39, 0.29) is 5.91 Å². The van der Waals surface area contributed by atoms with Crippen LogP contribution in [0.15, 0.2) is 22.6 Å². The fourth-order valence-corrected chi connectivity index (χ4v) is 1.26. The molecular formula is C9H9N3O2. The second kappa shape index (κ2) is 3.12. The highest BCUT2D eigenvalue weighted by Crippen LogP contribution is 2.16. The number of benzene rings is 1. The van der Waals surface area contributed by atoms with Gasteiger partial charge in [-0.1, -0.05) is 0 Å². The van der Waals surface area contributed by atoms with E-state index < -0.39 is 0 Å². The molecule has 1 aromatic heterocycles. The Balaban J connectivity index is 2.55. The highest BCUT2D eigenvalue weighted by Gasteiger charge is 2.07. The molecule has 5 heteroatoms. The molecule has 0 fully saturated rings. The Morgan fingerprint density at radius 3 is 3.07 bits per heavy atom. The molecule has 0 radical (unpaired) electrons. The van der Waals surface area contributed by atoms with Gasteiger partial charge in [-0.15, -0.1) is 0 Å². The lowest BCUT2D eigenvalue weighted by Gasteiger charge is -1.97. The average Bonchev–Trinajstić information content (AvgIpc) is 2.55. The van der Waals surface area contributed by atoms with Gasteiger partial charge in [-0.05, 0) is 18.2 Å². The van der Waals surface area contributed by atoms with E-state index >= 15 is 0 Å². The normalized spacial score (nSPS) is 10.4. The molecule has 0 saturated carbocycles. The third-order valence-electron chi connectivity index (χ3n) is 1.89. The van der Waals surface area contributed by atoms with Crippen molar-refractivity contribution in [3.8, 4) is 0 Å². The van der Waals surface area contributed by atoms with Crippen LogP contribution in [0, 0.1) is 6.92 Å². The summed E-state index contributed by atoms with van der Waals surface area (Å²) < 4.78 is 5.27. The number of oxazole rings is 1. The average molecular weight is 191 g/mol. The highest BCUT2D eigenvalue weighted by molar-refractivity contribution is 5.96. The molecule has 0 saturated heterocycles. The molecule has 5 nitrogen and oxygen atoms in total. The summed E-state index contributed by atoms with van der Waals surface area (Å²) >= 11 is 0. The third kappa shape index (κ3) is 1.33. The van der Waals surface area contributed by atoms with Crippen LogP contribution in [0.3, 0.4) is 0 Å². The first-order chi connectivity index (χ1) is 6.70. The van der Waals surface area contributed by atoms with Crippen LogP contribution in [-0.4, -0.2) is 10.9 Å². The first-order valence-corrected chi connectivity index (χ1v) is 4.09. The van der Waals surface area contributed by atoms with Gasteiger partial charge in [0.2, 0.25) is 0 Å². The standard InChI is InChI=1S/C9H9N3O2/c1-5-11-7-3-2-6(9(13)12-10)4-8(7)14-5/h2-4H,10H2,1H3,(H,12,13). The van der Waals surface area contributed by atoms with E-state index in [1.165, 1.54) is 0 Å². The van der Waals surface area contributed by atoms with Crippen molar-refractivity contribution in [3.05, 3.63) is 29.7 Å². The van der Waals surface area contributed by atoms with Gasteiger partial charge in [-0.3, -0.25) is 10.2 Å². The monoisotopic (exact) mass is 191 g/mol. The Kier molecular flexibility index (Phi) is 1.94. The predicted molar refractivity (Wildman–Crippen MR) is 50.4 cm³/mol. The summed E-state index contributed by atoms with van der Waals surface area (Å²) in [5.74, 6) is 5.24. The number of nitrogens with zero attached hydrogens (tertiary/aromatic N) is 1. The molecule has 0 bridgehead atoms. The molecule has 1 heterocycles. The fraction of sp³-hybridized carbons (Fsp3) is 0.111. The van der Waals surface area contributed by atoms with Crippen LogP contribution in [0.2, 0.25) is 0 Å². The number of amides is 1. The Bertz CT molecular complexity index is 490. The van der Waals surface area contributed by atoms with Crippen molar-refractivity contribution in [2.45, 2.75) is 6.92 Å². The maximum absolute atomic E-state index is 11.2. The molecule has 2 rings (SSSR count). The number of nitrogens with one attached hydrogen (secondary N) is 1. The quantitative estimate of drug-likeness (QED) is 0.395. The lowest BCUT2D eigenvalue weighted by atomic mass is 10.2. The van der Waals surface area contributed by atoms with Crippen molar-refractivity contribution in [3.63, 3.8) is 0 Å². The number of hydrogen-bond donors (Lipinski definition) is 2. The zero-order chi connectivity index (χ0) is 10.1. The van der Waals surface area contributed by atoms with Gasteiger partial charge in [0.25, 0.3) is 5.91 Å². The van der Waals surface area contributed by atoms with Crippen LogP contribution in [0.4, 0.5) is 0 Å². The fourth-order valence-electron chi connectivity index (χ4n) is 1.26. The van der Waals surface area contributed by atoms with Crippen LogP contribution in [0.5, 0.6) is 0 Å². The van der Waals surface area contributed by atoms with Crippen molar-refractivity contribution in [2.24, 2.45) is 5.84 Å². The van der Waals surface area contributed by atoms with Crippen molar-refractivity contribution < 1.29 is 9.21 Å². The highest BCUT2D eigenvalue weighted by atomic mass is 16.3. The Hall–Kier alpha value is -1.88. The van der Waals surface area contributed by atoms with Crippen molar-refractivity contribution in [1.29, 1.82) is 0 Å².